The number of urea groups is 1. The number of hydrogen-bond acceptors (Lipinski definition) is 6. The van der Waals surface area contributed by atoms with Crippen molar-refractivity contribution in [3.05, 3.63) is 67.5 Å². The number of anilines is 1. The highest BCUT2D eigenvalue weighted by Gasteiger charge is 2.34. The highest BCUT2D eigenvalue weighted by atomic mass is 79.9. The molecule has 13 heteroatoms. The molecule has 0 spiro atoms. The Morgan fingerprint density at radius 1 is 0.891 bits per heavy atom. The molecule has 1 atom stereocenters. The van der Waals surface area contributed by atoms with Crippen LogP contribution < -0.4 is 16.7 Å². The molecule has 4 heterocycles. The van der Waals surface area contributed by atoms with Crippen LogP contribution in [0.2, 0.25) is 0 Å². The van der Waals surface area contributed by atoms with Crippen molar-refractivity contribution >= 4 is 49.5 Å². The Morgan fingerprint density at radius 3 is 2.15 bits per heavy atom. The molecule has 246 valence electrons. The van der Waals surface area contributed by atoms with Crippen molar-refractivity contribution in [1.29, 1.82) is 0 Å². The van der Waals surface area contributed by atoms with Crippen LogP contribution in [-0.2, 0) is 11.2 Å². The number of aromatic nitrogens is 3. The zero-order valence-corrected chi connectivity index (χ0v) is 29.1. The quantitative estimate of drug-likeness (QED) is 0.298. The summed E-state index contributed by atoms with van der Waals surface area (Å²) in [5.41, 5.74) is 8.20. The monoisotopic (exact) mass is 756 g/mol. The van der Waals surface area contributed by atoms with E-state index in [9.17, 15) is 14.4 Å². The molecule has 6 rings (SSSR count). The van der Waals surface area contributed by atoms with Gasteiger partial charge < -0.3 is 25.8 Å². The maximum absolute atomic E-state index is 14.0. The number of benzene rings is 2. The number of nitrogens with zero attached hydrogens (tertiary/aromatic N) is 5. The number of nitrogens with one attached hydrogen (secondary N) is 2. The fraction of sp³-hybridized carbons (Fsp3) is 0.515. The molecular formula is C33H42Br2N8O3. The molecule has 3 aromatic rings. The summed E-state index contributed by atoms with van der Waals surface area (Å²) in [5.74, 6) is 0.481. The van der Waals surface area contributed by atoms with Crippen LogP contribution in [0.3, 0.4) is 0 Å². The summed E-state index contributed by atoms with van der Waals surface area (Å²) in [7, 11) is 0. The van der Waals surface area contributed by atoms with E-state index in [0.29, 0.717) is 63.0 Å². The fourth-order valence-corrected chi connectivity index (χ4v) is 8.29. The second kappa shape index (κ2) is 14.7. The molecule has 0 unspecified atom stereocenters. The topological polar surface area (TPSA) is 133 Å². The summed E-state index contributed by atoms with van der Waals surface area (Å²) in [5, 5.41) is 7.64. The minimum absolute atomic E-state index is 0.0547. The number of aromatic amines is 1. The number of likely N-dealkylation sites (tertiary alicyclic amines) is 3. The van der Waals surface area contributed by atoms with E-state index in [1.165, 1.54) is 23.9 Å². The molecule has 46 heavy (non-hydrogen) atoms. The van der Waals surface area contributed by atoms with Gasteiger partial charge in [-0.25, -0.2) is 14.3 Å². The van der Waals surface area contributed by atoms with Crippen molar-refractivity contribution in [1.82, 2.24) is 34.8 Å². The average molecular weight is 759 g/mol. The lowest BCUT2D eigenvalue weighted by Crippen LogP contribution is -2.56. The third-order valence-electron chi connectivity index (χ3n) is 9.64. The third-order valence-corrected chi connectivity index (χ3v) is 11.0. The molecule has 3 saturated heterocycles. The molecule has 4 N–H and O–H groups in total. The van der Waals surface area contributed by atoms with E-state index < -0.39 is 6.04 Å². The molecule has 2 aromatic carbocycles. The number of nitrogens with two attached hydrogens (primary N) is 1. The first-order chi connectivity index (χ1) is 22.3. The molecule has 3 amide bonds. The summed E-state index contributed by atoms with van der Waals surface area (Å²) in [6.07, 6.45) is 7.25. The average Bonchev–Trinajstić information content (AvgIpc) is 3.48. The van der Waals surface area contributed by atoms with Gasteiger partial charge in [-0.15, -0.1) is 5.10 Å². The SMILES string of the molecule is Nc1c(Br)cc(C[C@@H](NC(=O)N2CCC(n3nc(-c4ccccc4)[nH]c3=O)CC2)C(=O)N2CCC(N3CCCCC3)CC2)cc1Br. The maximum Gasteiger partial charge on any atom is 0.343 e. The van der Waals surface area contributed by atoms with Gasteiger partial charge in [-0.05, 0) is 101 Å². The lowest BCUT2D eigenvalue weighted by molar-refractivity contribution is -0.134. The van der Waals surface area contributed by atoms with Crippen LogP contribution in [0.25, 0.3) is 11.4 Å². The molecule has 0 bridgehead atoms. The van der Waals surface area contributed by atoms with Gasteiger partial charge in [-0.1, -0.05) is 36.8 Å². The number of piperidine rings is 3. The standard InChI is InChI=1S/C33H42Br2N8O3/c34-26-19-22(20-27(35)29(26)36)21-28(31(44)41-15-9-24(10-16-41)40-13-5-2-6-14-40)37-32(45)42-17-11-25(12-18-42)43-33(46)38-30(39-43)23-7-3-1-4-8-23/h1,3-4,7-8,19-20,24-25,28H,2,5-6,9-18,21,36H2,(H,37,45)(H,38,39,46)/t28-/m1/s1. The van der Waals surface area contributed by atoms with Crippen molar-refractivity contribution in [2.24, 2.45) is 0 Å². The van der Waals surface area contributed by atoms with Gasteiger partial charge in [-0.3, -0.25) is 9.78 Å². The Hall–Kier alpha value is -3.16. The van der Waals surface area contributed by atoms with Crippen molar-refractivity contribution < 1.29 is 9.59 Å². The van der Waals surface area contributed by atoms with Crippen LogP contribution in [0.15, 0.2) is 56.2 Å². The highest BCUT2D eigenvalue weighted by Crippen LogP contribution is 2.31. The van der Waals surface area contributed by atoms with E-state index in [1.807, 2.05) is 47.4 Å². The van der Waals surface area contributed by atoms with Gasteiger partial charge in [-0.2, -0.15) is 0 Å². The smallest absolute Gasteiger partial charge is 0.343 e. The van der Waals surface area contributed by atoms with E-state index in [1.54, 1.807) is 4.90 Å². The van der Waals surface area contributed by atoms with Crippen molar-refractivity contribution in [2.45, 2.75) is 69.5 Å². The zero-order chi connectivity index (χ0) is 32.2. The van der Waals surface area contributed by atoms with E-state index in [4.69, 9.17) is 5.73 Å². The Balaban J connectivity index is 1.11. The minimum Gasteiger partial charge on any atom is -0.397 e. The first-order valence-corrected chi connectivity index (χ1v) is 17.9. The summed E-state index contributed by atoms with van der Waals surface area (Å²) in [6.45, 7) is 4.59. The van der Waals surface area contributed by atoms with Gasteiger partial charge >= 0.3 is 11.7 Å². The zero-order valence-electron chi connectivity index (χ0n) is 26.0. The van der Waals surface area contributed by atoms with Gasteiger partial charge in [0.15, 0.2) is 5.82 Å². The van der Waals surface area contributed by atoms with Crippen molar-refractivity contribution in [3.63, 3.8) is 0 Å². The third kappa shape index (κ3) is 7.52. The van der Waals surface area contributed by atoms with Crippen LogP contribution in [0.4, 0.5) is 10.5 Å². The van der Waals surface area contributed by atoms with Crippen LogP contribution >= 0.6 is 31.9 Å². The number of halogens is 2. The van der Waals surface area contributed by atoms with Crippen LogP contribution in [0.5, 0.6) is 0 Å². The lowest BCUT2D eigenvalue weighted by atomic mass is 9.98. The molecule has 3 fully saturated rings. The van der Waals surface area contributed by atoms with Crippen molar-refractivity contribution in [3.8, 4) is 11.4 Å². The molecular weight excluding hydrogens is 716 g/mol. The Kier molecular flexibility index (Phi) is 10.5. The summed E-state index contributed by atoms with van der Waals surface area (Å²) in [4.78, 5) is 49.5. The van der Waals surface area contributed by atoms with Crippen LogP contribution in [-0.4, -0.2) is 92.8 Å². The molecule has 11 nitrogen and oxygen atoms in total. The van der Waals surface area contributed by atoms with Crippen LogP contribution in [0.1, 0.15) is 56.6 Å². The van der Waals surface area contributed by atoms with E-state index in [0.717, 1.165) is 46.0 Å². The minimum atomic E-state index is -0.721. The Morgan fingerprint density at radius 2 is 1.50 bits per heavy atom. The molecule has 1 aromatic heterocycles. The van der Waals surface area contributed by atoms with E-state index >= 15 is 0 Å². The number of amides is 3. The fourth-order valence-electron chi connectivity index (χ4n) is 7.01. The second-order valence-corrected chi connectivity index (χ2v) is 14.3. The summed E-state index contributed by atoms with van der Waals surface area (Å²) in [6, 6.07) is 12.8. The summed E-state index contributed by atoms with van der Waals surface area (Å²) >= 11 is 7.04. The number of carbonyl (C=O) groups excluding carboxylic acids is 2. The lowest BCUT2D eigenvalue weighted by Gasteiger charge is -2.41. The predicted octanol–water partition coefficient (Wildman–Crippen LogP) is 4.78. The summed E-state index contributed by atoms with van der Waals surface area (Å²) < 4.78 is 2.99. The Bertz CT molecular complexity index is 1550. The molecule has 0 aliphatic carbocycles. The van der Waals surface area contributed by atoms with Gasteiger partial charge in [0, 0.05) is 53.2 Å². The van der Waals surface area contributed by atoms with Gasteiger partial charge in [0.05, 0.1) is 11.7 Å². The largest absolute Gasteiger partial charge is 0.397 e. The maximum atomic E-state index is 14.0. The highest BCUT2D eigenvalue weighted by molar-refractivity contribution is 9.11. The second-order valence-electron chi connectivity index (χ2n) is 12.6. The van der Waals surface area contributed by atoms with Gasteiger partial charge in [0.2, 0.25) is 5.91 Å². The molecule has 0 radical (unpaired) electrons. The van der Waals surface area contributed by atoms with Gasteiger partial charge in [0.1, 0.15) is 6.04 Å². The number of carbonyl (C=O) groups is 2. The van der Waals surface area contributed by atoms with E-state index in [2.05, 4.69) is 52.2 Å². The van der Waals surface area contributed by atoms with Crippen molar-refractivity contribution in [2.75, 3.05) is 45.0 Å². The molecule has 3 aliphatic rings. The van der Waals surface area contributed by atoms with E-state index in [-0.39, 0.29) is 23.7 Å². The molecule has 0 saturated carbocycles. The number of hydrogen-bond donors (Lipinski definition) is 3. The number of H-pyrrole nitrogens is 1. The van der Waals surface area contributed by atoms with Crippen LogP contribution in [0, 0.1) is 0 Å². The first-order valence-electron chi connectivity index (χ1n) is 16.3. The normalized spacial score (nSPS) is 19.3. The Labute approximate surface area is 286 Å². The number of nitrogen functional groups attached to an aromatic ring is 1. The first kappa shape index (κ1) is 32.8. The van der Waals surface area contributed by atoms with Gasteiger partial charge in [0.25, 0.3) is 0 Å². The predicted molar refractivity (Wildman–Crippen MR) is 185 cm³/mol. The molecule has 3 aliphatic heterocycles. The number of rotatable bonds is 7.